The Bertz CT molecular complexity index is 1040. The number of piperidine rings is 1. The molecule has 3 aromatic rings. The molecule has 30 heavy (non-hydrogen) atoms. The van der Waals surface area contributed by atoms with Gasteiger partial charge >= 0.3 is 6.01 Å². The predicted octanol–water partition coefficient (Wildman–Crippen LogP) is 3.53. The van der Waals surface area contributed by atoms with Gasteiger partial charge in [-0.3, -0.25) is 9.59 Å². The molecule has 152 valence electrons. The first-order chi connectivity index (χ1) is 14.6. The highest BCUT2D eigenvalue weighted by Crippen LogP contribution is 2.21. The van der Waals surface area contributed by atoms with Crippen LogP contribution < -0.4 is 4.74 Å². The second-order valence-electron chi connectivity index (χ2n) is 7.06. The van der Waals surface area contributed by atoms with Crippen molar-refractivity contribution in [3.63, 3.8) is 0 Å². The fourth-order valence-electron chi connectivity index (χ4n) is 3.51. The predicted molar refractivity (Wildman–Crippen MR) is 108 cm³/mol. The van der Waals surface area contributed by atoms with E-state index in [0.29, 0.717) is 29.8 Å². The highest BCUT2D eigenvalue weighted by molar-refractivity contribution is 6.15. The molecule has 4 rings (SSSR count). The zero-order valence-corrected chi connectivity index (χ0v) is 16.2. The van der Waals surface area contributed by atoms with E-state index in [4.69, 9.17) is 4.74 Å². The molecular formula is C23H20FN3O3. The summed E-state index contributed by atoms with van der Waals surface area (Å²) in [5.74, 6) is -0.949. The molecule has 2 aromatic carbocycles. The maximum atomic E-state index is 13.2. The summed E-state index contributed by atoms with van der Waals surface area (Å²) in [7, 11) is 0. The standard InChI is InChI=1S/C23H20FN3O3/c24-17-13-25-23(26-14-17)30-18-9-6-12-27(15-18)22(29)20-11-5-4-10-19(20)21(28)16-7-2-1-3-8-16/h1-5,7-8,10-11,13-14,18H,6,9,12,15H2. The van der Waals surface area contributed by atoms with Crippen molar-refractivity contribution < 1.29 is 18.7 Å². The van der Waals surface area contributed by atoms with E-state index in [-0.39, 0.29) is 23.8 Å². The smallest absolute Gasteiger partial charge is 0.316 e. The van der Waals surface area contributed by atoms with Crippen molar-refractivity contribution >= 4 is 11.7 Å². The van der Waals surface area contributed by atoms with Crippen molar-refractivity contribution in [3.8, 4) is 6.01 Å². The molecule has 0 radical (unpaired) electrons. The zero-order valence-electron chi connectivity index (χ0n) is 16.2. The summed E-state index contributed by atoms with van der Waals surface area (Å²) in [5.41, 5.74) is 1.27. The van der Waals surface area contributed by atoms with Gasteiger partial charge in [0.2, 0.25) is 0 Å². The van der Waals surface area contributed by atoms with Gasteiger partial charge < -0.3 is 9.64 Å². The maximum Gasteiger partial charge on any atom is 0.316 e. The van der Waals surface area contributed by atoms with Crippen LogP contribution in [0.2, 0.25) is 0 Å². The van der Waals surface area contributed by atoms with E-state index >= 15 is 0 Å². The molecule has 6 nitrogen and oxygen atoms in total. The molecule has 0 aliphatic carbocycles. The lowest BCUT2D eigenvalue weighted by atomic mass is 9.97. The fourth-order valence-corrected chi connectivity index (χ4v) is 3.51. The van der Waals surface area contributed by atoms with Crippen molar-refractivity contribution in [2.45, 2.75) is 18.9 Å². The van der Waals surface area contributed by atoms with Crippen LogP contribution in [0, 0.1) is 5.82 Å². The number of amides is 1. The van der Waals surface area contributed by atoms with Crippen molar-refractivity contribution in [2.75, 3.05) is 13.1 Å². The number of nitrogens with zero attached hydrogens (tertiary/aromatic N) is 3. The number of ether oxygens (including phenoxy) is 1. The lowest BCUT2D eigenvalue weighted by Gasteiger charge is -2.32. The number of aromatic nitrogens is 2. The molecule has 0 N–H and O–H groups in total. The maximum absolute atomic E-state index is 13.2. The number of carbonyl (C=O) groups excluding carboxylic acids is 2. The van der Waals surface area contributed by atoms with E-state index in [1.807, 2.05) is 6.07 Å². The van der Waals surface area contributed by atoms with Gasteiger partial charge in [0.25, 0.3) is 5.91 Å². The summed E-state index contributed by atoms with van der Waals surface area (Å²) in [6, 6.07) is 15.8. The Labute approximate surface area is 173 Å². The molecule has 1 aliphatic heterocycles. The second-order valence-corrected chi connectivity index (χ2v) is 7.06. The molecule has 1 unspecified atom stereocenters. The van der Waals surface area contributed by atoms with Crippen LogP contribution >= 0.6 is 0 Å². The highest BCUT2D eigenvalue weighted by atomic mass is 19.1. The molecule has 1 fully saturated rings. The minimum absolute atomic E-state index is 0.0790. The number of rotatable bonds is 5. The van der Waals surface area contributed by atoms with Crippen LogP contribution in [0.1, 0.15) is 39.1 Å². The van der Waals surface area contributed by atoms with E-state index in [1.165, 1.54) is 0 Å². The van der Waals surface area contributed by atoms with Crippen LogP contribution in [0.15, 0.2) is 67.0 Å². The quantitative estimate of drug-likeness (QED) is 0.607. The van der Waals surface area contributed by atoms with Gasteiger partial charge in [-0.2, -0.15) is 0 Å². The summed E-state index contributed by atoms with van der Waals surface area (Å²) in [4.78, 5) is 35.5. The van der Waals surface area contributed by atoms with E-state index in [1.54, 1.807) is 53.4 Å². The van der Waals surface area contributed by atoms with Crippen LogP contribution in [0.25, 0.3) is 0 Å². The lowest BCUT2D eigenvalue weighted by Crippen LogP contribution is -2.44. The first-order valence-corrected chi connectivity index (χ1v) is 9.74. The molecule has 1 aromatic heterocycles. The average molecular weight is 405 g/mol. The molecule has 7 heteroatoms. The van der Waals surface area contributed by atoms with E-state index in [0.717, 1.165) is 25.2 Å². The number of hydrogen-bond donors (Lipinski definition) is 0. The molecule has 1 aliphatic rings. The molecule has 2 heterocycles. The monoisotopic (exact) mass is 405 g/mol. The zero-order chi connectivity index (χ0) is 20.9. The minimum Gasteiger partial charge on any atom is -0.458 e. The number of ketones is 1. The van der Waals surface area contributed by atoms with Crippen molar-refractivity contribution in [3.05, 3.63) is 89.5 Å². The number of hydrogen-bond acceptors (Lipinski definition) is 5. The summed E-state index contributed by atoms with van der Waals surface area (Å²) in [6.07, 6.45) is 3.26. The second kappa shape index (κ2) is 8.82. The Morgan fingerprint density at radius 1 is 0.967 bits per heavy atom. The molecule has 0 saturated carbocycles. The van der Waals surface area contributed by atoms with Gasteiger partial charge in [0.1, 0.15) is 6.10 Å². The third kappa shape index (κ3) is 4.35. The van der Waals surface area contributed by atoms with Crippen molar-refractivity contribution in [1.29, 1.82) is 0 Å². The van der Waals surface area contributed by atoms with Crippen LogP contribution in [0.5, 0.6) is 6.01 Å². The Morgan fingerprint density at radius 3 is 2.37 bits per heavy atom. The van der Waals surface area contributed by atoms with E-state index < -0.39 is 5.82 Å². The summed E-state index contributed by atoms with van der Waals surface area (Å²) in [5, 5.41) is 0. The SMILES string of the molecule is O=C(c1ccccc1)c1ccccc1C(=O)N1CCCC(Oc2ncc(F)cn2)C1. The van der Waals surface area contributed by atoms with Gasteiger partial charge in [-0.25, -0.2) is 14.4 Å². The Morgan fingerprint density at radius 2 is 1.63 bits per heavy atom. The summed E-state index contributed by atoms with van der Waals surface area (Å²) < 4.78 is 18.7. The molecule has 0 bridgehead atoms. The normalized spacial score (nSPS) is 16.2. The topological polar surface area (TPSA) is 72.4 Å². The first kappa shape index (κ1) is 19.7. The largest absolute Gasteiger partial charge is 0.458 e. The Kier molecular flexibility index (Phi) is 5.79. The molecule has 1 saturated heterocycles. The van der Waals surface area contributed by atoms with Gasteiger partial charge in [0, 0.05) is 17.7 Å². The molecular weight excluding hydrogens is 385 g/mol. The number of benzene rings is 2. The molecule has 1 atom stereocenters. The lowest BCUT2D eigenvalue weighted by molar-refractivity contribution is 0.0513. The van der Waals surface area contributed by atoms with Gasteiger partial charge in [0.15, 0.2) is 11.6 Å². The Balaban J connectivity index is 1.51. The first-order valence-electron chi connectivity index (χ1n) is 9.74. The summed E-state index contributed by atoms with van der Waals surface area (Å²) in [6.45, 7) is 0.907. The van der Waals surface area contributed by atoms with E-state index in [9.17, 15) is 14.0 Å². The fraction of sp³-hybridized carbons (Fsp3) is 0.217. The van der Waals surface area contributed by atoms with Gasteiger partial charge in [-0.05, 0) is 18.9 Å². The number of halogens is 1. The van der Waals surface area contributed by atoms with Crippen molar-refractivity contribution in [1.82, 2.24) is 14.9 Å². The van der Waals surface area contributed by atoms with Gasteiger partial charge in [-0.1, -0.05) is 48.5 Å². The van der Waals surface area contributed by atoms with Gasteiger partial charge in [-0.15, -0.1) is 0 Å². The highest BCUT2D eigenvalue weighted by Gasteiger charge is 2.28. The average Bonchev–Trinajstić information content (AvgIpc) is 2.80. The van der Waals surface area contributed by atoms with Gasteiger partial charge in [0.05, 0.1) is 24.5 Å². The minimum atomic E-state index is -0.539. The summed E-state index contributed by atoms with van der Waals surface area (Å²) >= 11 is 0. The van der Waals surface area contributed by atoms with Crippen LogP contribution in [-0.4, -0.2) is 45.8 Å². The van der Waals surface area contributed by atoms with E-state index in [2.05, 4.69) is 9.97 Å². The van der Waals surface area contributed by atoms with Crippen molar-refractivity contribution in [2.24, 2.45) is 0 Å². The molecule has 0 spiro atoms. The third-order valence-electron chi connectivity index (χ3n) is 4.97. The molecule has 1 amide bonds. The van der Waals surface area contributed by atoms with Crippen LogP contribution in [-0.2, 0) is 0 Å². The Hall–Kier alpha value is -3.61. The number of likely N-dealkylation sites (tertiary alicyclic amines) is 1. The number of carbonyl (C=O) groups is 2. The van der Waals surface area contributed by atoms with Crippen LogP contribution in [0.3, 0.4) is 0 Å². The third-order valence-corrected chi connectivity index (χ3v) is 4.97. The van der Waals surface area contributed by atoms with Crippen LogP contribution in [0.4, 0.5) is 4.39 Å².